The molecule has 0 saturated heterocycles. The molecule has 0 bridgehead atoms. The van der Waals surface area contributed by atoms with Crippen LogP contribution >= 0.6 is 0 Å². The van der Waals surface area contributed by atoms with Crippen LogP contribution in [0.5, 0.6) is 23.0 Å². The Hall–Kier alpha value is -5.48. The summed E-state index contributed by atoms with van der Waals surface area (Å²) < 4.78 is 13.2. The SMILES string of the molecule is CCCc1c(N)cccc1Oc1ccc(C2(c3ccc(Oc4cccc(N)c4CCC)c(C)c3)c3ccccc3-c3ccccc32)cc1C. The molecule has 0 heterocycles. The second-order valence-electron chi connectivity index (χ2n) is 13.2. The quantitative estimate of drug-likeness (QED) is 0.145. The number of nitrogens with two attached hydrogens (primary N) is 2. The van der Waals surface area contributed by atoms with Crippen LogP contribution in [0.2, 0.25) is 0 Å². The van der Waals surface area contributed by atoms with Gasteiger partial charge < -0.3 is 20.9 Å². The van der Waals surface area contributed by atoms with Crippen molar-refractivity contribution in [1.29, 1.82) is 0 Å². The summed E-state index contributed by atoms with van der Waals surface area (Å²) in [6.45, 7) is 8.59. The molecule has 4 nitrogen and oxygen atoms in total. The number of nitrogen functional groups attached to an aromatic ring is 2. The minimum Gasteiger partial charge on any atom is -0.457 e. The van der Waals surface area contributed by atoms with Gasteiger partial charge in [-0.15, -0.1) is 0 Å². The van der Waals surface area contributed by atoms with Crippen LogP contribution in [0.15, 0.2) is 121 Å². The number of anilines is 2. The van der Waals surface area contributed by atoms with E-state index in [4.69, 9.17) is 20.9 Å². The normalized spacial score (nSPS) is 12.7. The number of aryl methyl sites for hydroxylation is 2. The van der Waals surface area contributed by atoms with E-state index in [2.05, 4.69) is 113 Å². The molecule has 6 aromatic rings. The first-order valence-corrected chi connectivity index (χ1v) is 17.4. The van der Waals surface area contributed by atoms with E-state index in [-0.39, 0.29) is 0 Å². The van der Waals surface area contributed by atoms with Gasteiger partial charge in [-0.05, 0) is 108 Å². The average molecular weight is 645 g/mol. The molecule has 0 spiro atoms. The molecule has 0 fully saturated rings. The molecule has 1 aliphatic carbocycles. The van der Waals surface area contributed by atoms with E-state index in [0.717, 1.165) is 82.3 Å². The van der Waals surface area contributed by atoms with Gasteiger partial charge in [-0.2, -0.15) is 0 Å². The van der Waals surface area contributed by atoms with Crippen molar-refractivity contribution >= 4 is 11.4 Å². The van der Waals surface area contributed by atoms with Crippen LogP contribution in [0.4, 0.5) is 11.4 Å². The smallest absolute Gasteiger partial charge is 0.132 e. The molecule has 0 radical (unpaired) electrons. The Morgan fingerprint density at radius 3 is 1.33 bits per heavy atom. The summed E-state index contributed by atoms with van der Waals surface area (Å²) in [4.78, 5) is 0. The average Bonchev–Trinajstić information content (AvgIpc) is 3.41. The van der Waals surface area contributed by atoms with Gasteiger partial charge in [0.1, 0.15) is 23.0 Å². The highest BCUT2D eigenvalue weighted by atomic mass is 16.5. The van der Waals surface area contributed by atoms with Crippen LogP contribution in [0.25, 0.3) is 11.1 Å². The van der Waals surface area contributed by atoms with Crippen LogP contribution in [0, 0.1) is 13.8 Å². The molecule has 0 amide bonds. The third kappa shape index (κ3) is 5.51. The van der Waals surface area contributed by atoms with E-state index in [1.54, 1.807) is 0 Å². The summed E-state index contributed by atoms with van der Waals surface area (Å²) >= 11 is 0. The highest BCUT2D eigenvalue weighted by Crippen LogP contribution is 2.57. The first-order valence-electron chi connectivity index (χ1n) is 17.4. The lowest BCUT2D eigenvalue weighted by Gasteiger charge is -2.34. The Morgan fingerprint density at radius 2 is 0.918 bits per heavy atom. The maximum Gasteiger partial charge on any atom is 0.132 e. The lowest BCUT2D eigenvalue weighted by atomic mass is 9.67. The van der Waals surface area contributed by atoms with E-state index in [1.165, 1.54) is 33.4 Å². The van der Waals surface area contributed by atoms with Crippen LogP contribution in [0.3, 0.4) is 0 Å². The van der Waals surface area contributed by atoms with Gasteiger partial charge in [0.05, 0.1) is 5.41 Å². The molecule has 4 heteroatoms. The number of hydrogen-bond acceptors (Lipinski definition) is 4. The van der Waals surface area contributed by atoms with Crippen LogP contribution < -0.4 is 20.9 Å². The monoisotopic (exact) mass is 644 g/mol. The van der Waals surface area contributed by atoms with E-state index in [9.17, 15) is 0 Å². The summed E-state index contributed by atoms with van der Waals surface area (Å²) in [6.07, 6.45) is 3.72. The van der Waals surface area contributed by atoms with Gasteiger partial charge in [0, 0.05) is 22.5 Å². The summed E-state index contributed by atoms with van der Waals surface area (Å²) in [5.74, 6) is 3.28. The fourth-order valence-electron chi connectivity index (χ4n) is 7.65. The van der Waals surface area contributed by atoms with Gasteiger partial charge in [-0.3, -0.25) is 0 Å². The number of ether oxygens (including phenoxy) is 2. The molecule has 0 unspecified atom stereocenters. The Balaban J connectivity index is 1.37. The number of rotatable bonds is 10. The Kier molecular flexibility index (Phi) is 8.64. The molecule has 1 aliphatic rings. The third-order valence-electron chi connectivity index (χ3n) is 9.95. The maximum atomic E-state index is 6.59. The Morgan fingerprint density at radius 1 is 0.490 bits per heavy atom. The fourth-order valence-corrected chi connectivity index (χ4v) is 7.65. The van der Waals surface area contributed by atoms with Gasteiger partial charge in [-0.1, -0.05) is 112 Å². The summed E-state index contributed by atoms with van der Waals surface area (Å²) in [7, 11) is 0. The Bertz CT molecular complexity index is 2010. The zero-order chi connectivity index (χ0) is 34.1. The molecule has 0 saturated carbocycles. The van der Waals surface area contributed by atoms with Crippen molar-refractivity contribution in [2.24, 2.45) is 0 Å². The van der Waals surface area contributed by atoms with Crippen molar-refractivity contribution in [1.82, 2.24) is 0 Å². The number of fused-ring (bicyclic) bond motifs is 3. The largest absolute Gasteiger partial charge is 0.457 e. The second-order valence-corrected chi connectivity index (χ2v) is 13.2. The van der Waals surface area contributed by atoms with Gasteiger partial charge in [-0.25, -0.2) is 0 Å². The molecular weight excluding hydrogens is 601 g/mol. The predicted molar refractivity (Wildman–Crippen MR) is 203 cm³/mol. The standard InChI is InChI=1S/C45H44N2O2/c1-5-13-35-39(46)19-11-21-43(35)48-41-25-23-31(27-29(41)3)45(37-17-9-7-15-33(37)34-16-8-10-18-38(34)45)32-24-26-42(30(4)28-32)49-44-22-12-20-40(47)36(44)14-6-2/h7-12,15-28H,5-6,13-14,46-47H2,1-4H3. The molecule has 0 atom stereocenters. The van der Waals surface area contributed by atoms with E-state index in [1.807, 2.05) is 36.4 Å². The molecule has 6 aromatic carbocycles. The maximum absolute atomic E-state index is 6.59. The lowest BCUT2D eigenvalue weighted by molar-refractivity contribution is 0.471. The van der Waals surface area contributed by atoms with E-state index >= 15 is 0 Å². The van der Waals surface area contributed by atoms with Crippen molar-refractivity contribution in [3.05, 3.63) is 166 Å². The molecule has 49 heavy (non-hydrogen) atoms. The van der Waals surface area contributed by atoms with Crippen molar-refractivity contribution in [3.63, 3.8) is 0 Å². The third-order valence-corrected chi connectivity index (χ3v) is 9.95. The lowest BCUT2D eigenvalue weighted by Crippen LogP contribution is -2.28. The van der Waals surface area contributed by atoms with Crippen LogP contribution in [-0.2, 0) is 18.3 Å². The number of benzene rings is 6. The zero-order valence-electron chi connectivity index (χ0n) is 28.8. The van der Waals surface area contributed by atoms with Gasteiger partial charge in [0.2, 0.25) is 0 Å². The topological polar surface area (TPSA) is 70.5 Å². The summed E-state index contributed by atoms with van der Waals surface area (Å²) in [6, 6.07) is 42.8. The molecule has 246 valence electrons. The van der Waals surface area contributed by atoms with Gasteiger partial charge >= 0.3 is 0 Å². The molecule has 7 rings (SSSR count). The molecular formula is C45H44N2O2. The molecule has 0 aromatic heterocycles. The first kappa shape index (κ1) is 32.1. The highest BCUT2D eigenvalue weighted by molar-refractivity contribution is 5.86. The minimum atomic E-state index is -0.547. The van der Waals surface area contributed by atoms with Gasteiger partial charge in [0.25, 0.3) is 0 Å². The summed E-state index contributed by atoms with van der Waals surface area (Å²) in [5, 5.41) is 0. The Labute approximate surface area is 290 Å². The highest BCUT2D eigenvalue weighted by Gasteiger charge is 2.46. The van der Waals surface area contributed by atoms with E-state index in [0.29, 0.717) is 0 Å². The van der Waals surface area contributed by atoms with E-state index < -0.39 is 5.41 Å². The first-order chi connectivity index (χ1) is 23.9. The van der Waals surface area contributed by atoms with Crippen molar-refractivity contribution in [2.75, 3.05) is 11.5 Å². The summed E-state index contributed by atoms with van der Waals surface area (Å²) in [5.41, 5.74) is 25.4. The number of hydrogen-bond donors (Lipinski definition) is 2. The van der Waals surface area contributed by atoms with Crippen LogP contribution in [-0.4, -0.2) is 0 Å². The molecule has 4 N–H and O–H groups in total. The van der Waals surface area contributed by atoms with Crippen molar-refractivity contribution < 1.29 is 9.47 Å². The zero-order valence-corrected chi connectivity index (χ0v) is 28.8. The van der Waals surface area contributed by atoms with Gasteiger partial charge in [0.15, 0.2) is 0 Å². The van der Waals surface area contributed by atoms with Crippen molar-refractivity contribution in [2.45, 2.75) is 58.8 Å². The van der Waals surface area contributed by atoms with Crippen molar-refractivity contribution in [3.8, 4) is 34.1 Å². The fraction of sp³-hybridized carbons (Fsp3) is 0.200. The minimum absolute atomic E-state index is 0.547. The second kappa shape index (κ2) is 13.2. The van der Waals surface area contributed by atoms with Crippen LogP contribution in [0.1, 0.15) is 71.2 Å². The molecule has 0 aliphatic heterocycles. The predicted octanol–water partition coefficient (Wildman–Crippen LogP) is 11.3.